The molecule has 1 fully saturated rings. The Kier molecular flexibility index (Phi) is 7.47. The molecule has 4 aromatic rings. The van der Waals surface area contributed by atoms with Crippen molar-refractivity contribution in [2.24, 2.45) is 0 Å². The standard InChI is InChI=1S/C30H31ClN2O3/c1-33(23-12-14-24(34-2)15-13-23)27-10-6-7-11-28(27)36-29-18-22-16-17-32-30(25(22)19-26(29)31)35-20-21-8-4-3-5-9-21/h3-5,8-9,12-19,27-28H,6-7,10-11,20H2,1-2H3. The van der Waals surface area contributed by atoms with E-state index in [2.05, 4.69) is 29.1 Å². The Bertz CT molecular complexity index is 1300. The van der Waals surface area contributed by atoms with Crippen LogP contribution < -0.4 is 19.1 Å². The Balaban J connectivity index is 1.36. The highest BCUT2D eigenvalue weighted by molar-refractivity contribution is 6.33. The number of benzene rings is 3. The summed E-state index contributed by atoms with van der Waals surface area (Å²) in [5.74, 6) is 2.12. The van der Waals surface area contributed by atoms with Crippen LogP contribution in [0.3, 0.4) is 0 Å². The van der Waals surface area contributed by atoms with Crippen LogP contribution in [0, 0.1) is 0 Å². The van der Waals surface area contributed by atoms with Crippen molar-refractivity contribution in [2.45, 2.75) is 44.4 Å². The molecule has 1 aliphatic carbocycles. The smallest absolute Gasteiger partial charge is 0.221 e. The van der Waals surface area contributed by atoms with E-state index in [0.29, 0.717) is 23.3 Å². The molecule has 186 valence electrons. The monoisotopic (exact) mass is 502 g/mol. The molecule has 0 N–H and O–H groups in total. The van der Waals surface area contributed by atoms with Crippen molar-refractivity contribution in [3.63, 3.8) is 0 Å². The van der Waals surface area contributed by atoms with Gasteiger partial charge in [-0.25, -0.2) is 4.98 Å². The number of halogens is 1. The van der Waals surface area contributed by atoms with Gasteiger partial charge in [0.25, 0.3) is 0 Å². The number of fused-ring (bicyclic) bond motifs is 1. The average molecular weight is 503 g/mol. The summed E-state index contributed by atoms with van der Waals surface area (Å²) >= 11 is 6.75. The Labute approximate surface area is 217 Å². The predicted molar refractivity (Wildman–Crippen MR) is 146 cm³/mol. The van der Waals surface area contributed by atoms with Crippen molar-refractivity contribution in [1.29, 1.82) is 0 Å². The first-order valence-corrected chi connectivity index (χ1v) is 12.8. The maximum Gasteiger partial charge on any atom is 0.221 e. The Morgan fingerprint density at radius 1 is 0.972 bits per heavy atom. The molecule has 1 heterocycles. The number of anilines is 1. The highest BCUT2D eigenvalue weighted by Gasteiger charge is 2.31. The van der Waals surface area contributed by atoms with E-state index in [0.717, 1.165) is 47.0 Å². The van der Waals surface area contributed by atoms with E-state index in [-0.39, 0.29) is 12.1 Å². The molecular weight excluding hydrogens is 472 g/mol. The quantitative estimate of drug-likeness (QED) is 0.253. The zero-order chi connectivity index (χ0) is 24.9. The third kappa shape index (κ3) is 5.36. The molecule has 0 radical (unpaired) electrons. The van der Waals surface area contributed by atoms with Crippen LogP contribution in [0.15, 0.2) is 79.0 Å². The molecule has 0 saturated heterocycles. The molecule has 0 spiro atoms. The van der Waals surface area contributed by atoms with E-state index in [1.165, 1.54) is 6.42 Å². The summed E-state index contributed by atoms with van der Waals surface area (Å²) in [7, 11) is 3.82. The molecule has 36 heavy (non-hydrogen) atoms. The molecule has 3 aromatic carbocycles. The van der Waals surface area contributed by atoms with Crippen molar-refractivity contribution >= 4 is 28.1 Å². The van der Waals surface area contributed by atoms with Crippen molar-refractivity contribution in [3.8, 4) is 17.4 Å². The van der Waals surface area contributed by atoms with E-state index < -0.39 is 0 Å². The van der Waals surface area contributed by atoms with Crippen LogP contribution in [0.4, 0.5) is 5.69 Å². The molecule has 5 nitrogen and oxygen atoms in total. The van der Waals surface area contributed by atoms with Gasteiger partial charge < -0.3 is 19.1 Å². The summed E-state index contributed by atoms with van der Waals surface area (Å²) in [4.78, 5) is 6.77. The lowest BCUT2D eigenvalue weighted by Gasteiger charge is -2.39. The lowest BCUT2D eigenvalue weighted by molar-refractivity contribution is 0.130. The second-order valence-corrected chi connectivity index (χ2v) is 9.62. The number of rotatable bonds is 8. The highest BCUT2D eigenvalue weighted by atomic mass is 35.5. The number of likely N-dealkylation sites (N-methyl/N-ethyl adjacent to an activating group) is 1. The number of hydrogen-bond donors (Lipinski definition) is 0. The number of methoxy groups -OCH3 is 1. The normalized spacial score (nSPS) is 17.5. The number of aromatic nitrogens is 1. The number of nitrogens with zero attached hydrogens (tertiary/aromatic N) is 2. The van der Waals surface area contributed by atoms with Gasteiger partial charge in [-0.3, -0.25) is 0 Å². The fourth-order valence-corrected chi connectivity index (χ4v) is 5.12. The van der Waals surface area contributed by atoms with Crippen molar-refractivity contribution in [2.75, 3.05) is 19.1 Å². The molecular formula is C30H31ClN2O3. The van der Waals surface area contributed by atoms with Gasteiger partial charge in [0.2, 0.25) is 5.88 Å². The molecule has 1 aromatic heterocycles. The van der Waals surface area contributed by atoms with Gasteiger partial charge in [0, 0.05) is 24.3 Å². The first kappa shape index (κ1) is 24.3. The minimum Gasteiger partial charge on any atom is -0.497 e. The number of ether oxygens (including phenoxy) is 3. The molecule has 1 saturated carbocycles. The molecule has 5 rings (SSSR count). The SMILES string of the molecule is COc1ccc(N(C)C2CCCCC2Oc2cc3ccnc(OCc4ccccc4)c3cc2Cl)cc1. The zero-order valence-electron chi connectivity index (χ0n) is 20.7. The van der Waals surface area contributed by atoms with Crippen molar-refractivity contribution in [3.05, 3.63) is 89.6 Å². The van der Waals surface area contributed by atoms with Crippen molar-refractivity contribution in [1.82, 2.24) is 4.98 Å². The van der Waals surface area contributed by atoms with Crippen LogP contribution in [-0.2, 0) is 6.61 Å². The summed E-state index contributed by atoms with van der Waals surface area (Å²) in [6.07, 6.45) is 6.19. The first-order chi connectivity index (χ1) is 17.6. The lowest BCUT2D eigenvalue weighted by Crippen LogP contribution is -2.46. The second kappa shape index (κ2) is 11.1. The van der Waals surface area contributed by atoms with E-state index in [9.17, 15) is 0 Å². The third-order valence-corrected chi connectivity index (χ3v) is 7.22. The first-order valence-electron chi connectivity index (χ1n) is 12.4. The maximum atomic E-state index is 6.75. The largest absolute Gasteiger partial charge is 0.497 e. The summed E-state index contributed by atoms with van der Waals surface area (Å²) in [5.41, 5.74) is 2.24. The van der Waals surface area contributed by atoms with E-state index in [1.54, 1.807) is 13.3 Å². The molecule has 1 aliphatic rings. The molecule has 0 amide bonds. The molecule has 6 heteroatoms. The van der Waals surface area contributed by atoms with Gasteiger partial charge in [0.05, 0.1) is 18.2 Å². The minimum atomic E-state index is 0.0384. The van der Waals surface area contributed by atoms with Gasteiger partial charge in [-0.15, -0.1) is 0 Å². The number of pyridine rings is 1. The van der Waals surface area contributed by atoms with E-state index in [4.69, 9.17) is 25.8 Å². The molecule has 0 aliphatic heterocycles. The van der Waals surface area contributed by atoms with Gasteiger partial charge in [0.15, 0.2) is 0 Å². The molecule has 2 unspecified atom stereocenters. The second-order valence-electron chi connectivity index (χ2n) is 9.21. The molecule has 2 atom stereocenters. The fraction of sp³-hybridized carbons (Fsp3) is 0.300. The summed E-state index contributed by atoms with van der Waals surface area (Å²) in [5, 5.41) is 2.43. The van der Waals surface area contributed by atoms with Crippen LogP contribution in [0.2, 0.25) is 5.02 Å². The van der Waals surface area contributed by atoms with E-state index in [1.807, 2.05) is 60.7 Å². The Hall–Kier alpha value is -3.44. The topological polar surface area (TPSA) is 43.8 Å². The third-order valence-electron chi connectivity index (χ3n) is 6.92. The minimum absolute atomic E-state index is 0.0384. The lowest BCUT2D eigenvalue weighted by atomic mass is 9.91. The van der Waals surface area contributed by atoms with Crippen LogP contribution >= 0.6 is 11.6 Å². The van der Waals surface area contributed by atoms with Crippen LogP contribution in [0.5, 0.6) is 17.4 Å². The summed E-state index contributed by atoms with van der Waals surface area (Å²) in [6.45, 7) is 0.449. The predicted octanol–water partition coefficient (Wildman–Crippen LogP) is 7.30. The fourth-order valence-electron chi connectivity index (χ4n) is 4.91. The molecule has 0 bridgehead atoms. The van der Waals surface area contributed by atoms with Crippen LogP contribution in [0.25, 0.3) is 10.8 Å². The van der Waals surface area contributed by atoms with Crippen LogP contribution in [-0.4, -0.2) is 31.3 Å². The average Bonchev–Trinajstić information content (AvgIpc) is 2.93. The summed E-state index contributed by atoms with van der Waals surface area (Å²) in [6, 6.07) is 24.4. The van der Waals surface area contributed by atoms with Gasteiger partial charge in [0.1, 0.15) is 24.2 Å². The van der Waals surface area contributed by atoms with E-state index >= 15 is 0 Å². The maximum absolute atomic E-state index is 6.75. The van der Waals surface area contributed by atoms with Gasteiger partial charge in [-0.05, 0) is 72.7 Å². The van der Waals surface area contributed by atoms with Crippen molar-refractivity contribution < 1.29 is 14.2 Å². The van der Waals surface area contributed by atoms with Crippen LogP contribution in [0.1, 0.15) is 31.2 Å². The summed E-state index contributed by atoms with van der Waals surface area (Å²) < 4.78 is 18.0. The van der Waals surface area contributed by atoms with Gasteiger partial charge >= 0.3 is 0 Å². The zero-order valence-corrected chi connectivity index (χ0v) is 21.4. The Morgan fingerprint density at radius 2 is 1.75 bits per heavy atom. The van der Waals surface area contributed by atoms with Gasteiger partial charge in [-0.1, -0.05) is 48.4 Å². The highest BCUT2D eigenvalue weighted by Crippen LogP contribution is 2.37. The Morgan fingerprint density at radius 3 is 2.53 bits per heavy atom. The number of hydrogen-bond acceptors (Lipinski definition) is 5. The van der Waals surface area contributed by atoms with Gasteiger partial charge in [-0.2, -0.15) is 0 Å².